The Bertz CT molecular complexity index is 294. The van der Waals surface area contributed by atoms with Gasteiger partial charge in [-0.3, -0.25) is 9.69 Å². The molecule has 0 aromatic heterocycles. The Labute approximate surface area is 123 Å². The number of carbonyl (C=O) groups excluding carboxylic acids is 1. The maximum absolute atomic E-state index is 12.0. The van der Waals surface area contributed by atoms with E-state index in [-0.39, 0.29) is 5.91 Å². The molecule has 2 heterocycles. The number of fused-ring (bicyclic) bond motifs is 2. The summed E-state index contributed by atoms with van der Waals surface area (Å²) in [5.41, 5.74) is 0. The Kier molecular flexibility index (Phi) is 6.30. The molecule has 2 atom stereocenters. The summed E-state index contributed by atoms with van der Waals surface area (Å²) in [6.07, 6.45) is 8.53. The largest absolute Gasteiger partial charge is 0.355 e. The standard InChI is InChI=1S/C16H31N3O/c1-3-8-17-13-10-14-6-5-7-15(11-13)19(14)12-16(20)18-9-4-2/h13-15,17H,3-12H2,1-2H3,(H,18,20). The van der Waals surface area contributed by atoms with Gasteiger partial charge in [0.15, 0.2) is 0 Å². The maximum Gasteiger partial charge on any atom is 0.234 e. The van der Waals surface area contributed by atoms with E-state index in [1.165, 1.54) is 38.5 Å². The zero-order valence-corrected chi connectivity index (χ0v) is 13.2. The average molecular weight is 281 g/mol. The lowest BCUT2D eigenvalue weighted by Crippen LogP contribution is -2.58. The molecular weight excluding hydrogens is 250 g/mol. The number of hydrogen-bond acceptors (Lipinski definition) is 3. The second-order valence-electron chi connectivity index (χ2n) is 6.38. The first-order chi connectivity index (χ1) is 9.74. The van der Waals surface area contributed by atoms with Crippen LogP contribution >= 0.6 is 0 Å². The van der Waals surface area contributed by atoms with E-state index in [1.807, 2.05) is 0 Å². The first kappa shape index (κ1) is 15.8. The summed E-state index contributed by atoms with van der Waals surface area (Å²) < 4.78 is 0. The Morgan fingerprint density at radius 1 is 1.10 bits per heavy atom. The highest BCUT2D eigenvalue weighted by Gasteiger charge is 2.38. The van der Waals surface area contributed by atoms with Gasteiger partial charge in [-0.05, 0) is 45.1 Å². The van der Waals surface area contributed by atoms with Gasteiger partial charge in [-0.2, -0.15) is 0 Å². The predicted octanol–water partition coefficient (Wildman–Crippen LogP) is 1.90. The summed E-state index contributed by atoms with van der Waals surface area (Å²) in [5, 5.41) is 6.70. The van der Waals surface area contributed by atoms with E-state index in [0.29, 0.717) is 24.7 Å². The lowest BCUT2D eigenvalue weighted by atomic mass is 9.81. The predicted molar refractivity (Wildman–Crippen MR) is 82.7 cm³/mol. The first-order valence-electron chi connectivity index (χ1n) is 8.50. The van der Waals surface area contributed by atoms with Crippen molar-refractivity contribution in [3.05, 3.63) is 0 Å². The Morgan fingerprint density at radius 2 is 1.75 bits per heavy atom. The van der Waals surface area contributed by atoms with E-state index in [0.717, 1.165) is 19.5 Å². The van der Waals surface area contributed by atoms with Gasteiger partial charge in [0.1, 0.15) is 0 Å². The summed E-state index contributed by atoms with van der Waals surface area (Å²) in [5.74, 6) is 0.212. The van der Waals surface area contributed by atoms with Gasteiger partial charge in [0.05, 0.1) is 6.54 Å². The Hall–Kier alpha value is -0.610. The SMILES string of the molecule is CCCNC(=O)CN1C2CCCC1CC(NCCC)C2. The molecule has 2 fully saturated rings. The Balaban J connectivity index is 1.86. The highest BCUT2D eigenvalue weighted by atomic mass is 16.2. The van der Waals surface area contributed by atoms with Crippen molar-refractivity contribution in [1.82, 2.24) is 15.5 Å². The number of amides is 1. The molecule has 2 aliphatic heterocycles. The van der Waals surface area contributed by atoms with Crippen molar-refractivity contribution in [2.24, 2.45) is 0 Å². The van der Waals surface area contributed by atoms with E-state index in [1.54, 1.807) is 0 Å². The molecule has 0 saturated carbocycles. The normalized spacial score (nSPS) is 30.2. The fourth-order valence-corrected chi connectivity index (χ4v) is 3.74. The van der Waals surface area contributed by atoms with Crippen LogP contribution in [0.3, 0.4) is 0 Å². The summed E-state index contributed by atoms with van der Waals surface area (Å²) >= 11 is 0. The zero-order chi connectivity index (χ0) is 14.4. The first-order valence-corrected chi connectivity index (χ1v) is 8.50. The summed E-state index contributed by atoms with van der Waals surface area (Å²) in [7, 11) is 0. The minimum Gasteiger partial charge on any atom is -0.355 e. The van der Waals surface area contributed by atoms with Gasteiger partial charge in [0, 0.05) is 24.7 Å². The molecule has 2 saturated heterocycles. The monoisotopic (exact) mass is 281 g/mol. The van der Waals surface area contributed by atoms with Crippen molar-refractivity contribution in [1.29, 1.82) is 0 Å². The second-order valence-corrected chi connectivity index (χ2v) is 6.38. The number of nitrogens with one attached hydrogen (secondary N) is 2. The van der Waals surface area contributed by atoms with Gasteiger partial charge in [0.2, 0.25) is 5.91 Å². The van der Waals surface area contributed by atoms with E-state index < -0.39 is 0 Å². The maximum atomic E-state index is 12.0. The van der Waals surface area contributed by atoms with Crippen LogP contribution in [0.15, 0.2) is 0 Å². The number of hydrogen-bond donors (Lipinski definition) is 2. The minimum absolute atomic E-state index is 0.212. The molecule has 0 aromatic rings. The molecule has 0 spiro atoms. The molecule has 2 bridgehead atoms. The molecule has 2 N–H and O–H groups in total. The summed E-state index contributed by atoms with van der Waals surface area (Å²) in [6.45, 7) is 6.86. The number of rotatable bonds is 7. The number of piperidine rings is 2. The van der Waals surface area contributed by atoms with Crippen LogP contribution < -0.4 is 10.6 Å². The van der Waals surface area contributed by atoms with Crippen LogP contribution in [0.4, 0.5) is 0 Å². The smallest absolute Gasteiger partial charge is 0.234 e. The lowest BCUT2D eigenvalue weighted by Gasteiger charge is -2.48. The molecule has 2 unspecified atom stereocenters. The van der Waals surface area contributed by atoms with Gasteiger partial charge in [-0.1, -0.05) is 20.3 Å². The molecule has 4 heteroatoms. The molecule has 1 amide bonds. The third-order valence-electron chi connectivity index (χ3n) is 4.71. The van der Waals surface area contributed by atoms with Crippen LogP contribution in [0, 0.1) is 0 Å². The summed E-state index contributed by atoms with van der Waals surface area (Å²) in [4.78, 5) is 14.5. The molecule has 0 aromatic carbocycles. The molecular formula is C16H31N3O. The summed E-state index contributed by atoms with van der Waals surface area (Å²) in [6, 6.07) is 1.90. The van der Waals surface area contributed by atoms with Crippen molar-refractivity contribution in [3.8, 4) is 0 Å². The molecule has 116 valence electrons. The number of carbonyl (C=O) groups is 1. The van der Waals surface area contributed by atoms with E-state index in [4.69, 9.17) is 0 Å². The quantitative estimate of drug-likeness (QED) is 0.749. The van der Waals surface area contributed by atoms with Crippen LogP contribution in [-0.2, 0) is 4.79 Å². The lowest BCUT2D eigenvalue weighted by molar-refractivity contribution is -0.125. The van der Waals surface area contributed by atoms with Crippen molar-refractivity contribution < 1.29 is 4.79 Å². The van der Waals surface area contributed by atoms with Crippen LogP contribution in [0.25, 0.3) is 0 Å². The molecule has 20 heavy (non-hydrogen) atoms. The van der Waals surface area contributed by atoms with Crippen LogP contribution in [-0.4, -0.2) is 48.6 Å². The molecule has 0 aliphatic carbocycles. The van der Waals surface area contributed by atoms with Crippen molar-refractivity contribution in [2.75, 3.05) is 19.6 Å². The molecule has 2 rings (SSSR count). The van der Waals surface area contributed by atoms with E-state index >= 15 is 0 Å². The van der Waals surface area contributed by atoms with E-state index in [9.17, 15) is 4.79 Å². The molecule has 2 aliphatic rings. The fourth-order valence-electron chi connectivity index (χ4n) is 3.74. The van der Waals surface area contributed by atoms with Crippen LogP contribution in [0.1, 0.15) is 58.8 Å². The van der Waals surface area contributed by atoms with Gasteiger partial charge in [0.25, 0.3) is 0 Å². The highest BCUT2D eigenvalue weighted by molar-refractivity contribution is 5.78. The Morgan fingerprint density at radius 3 is 2.35 bits per heavy atom. The van der Waals surface area contributed by atoms with Gasteiger partial charge in [-0.15, -0.1) is 0 Å². The number of nitrogens with zero attached hydrogens (tertiary/aromatic N) is 1. The van der Waals surface area contributed by atoms with Crippen molar-refractivity contribution in [2.45, 2.75) is 76.9 Å². The third-order valence-corrected chi connectivity index (χ3v) is 4.71. The molecule has 4 nitrogen and oxygen atoms in total. The highest BCUT2D eigenvalue weighted by Crippen LogP contribution is 2.33. The minimum atomic E-state index is 0.212. The molecule has 0 radical (unpaired) electrons. The van der Waals surface area contributed by atoms with Gasteiger partial charge >= 0.3 is 0 Å². The fraction of sp³-hybridized carbons (Fsp3) is 0.938. The van der Waals surface area contributed by atoms with Crippen LogP contribution in [0.5, 0.6) is 0 Å². The van der Waals surface area contributed by atoms with Crippen molar-refractivity contribution >= 4 is 5.91 Å². The van der Waals surface area contributed by atoms with E-state index in [2.05, 4.69) is 29.4 Å². The van der Waals surface area contributed by atoms with Crippen molar-refractivity contribution in [3.63, 3.8) is 0 Å². The zero-order valence-electron chi connectivity index (χ0n) is 13.2. The van der Waals surface area contributed by atoms with Gasteiger partial charge < -0.3 is 10.6 Å². The second kappa shape index (κ2) is 7.99. The van der Waals surface area contributed by atoms with Crippen LogP contribution in [0.2, 0.25) is 0 Å². The average Bonchev–Trinajstić information content (AvgIpc) is 2.43. The topological polar surface area (TPSA) is 44.4 Å². The third kappa shape index (κ3) is 4.19. The van der Waals surface area contributed by atoms with Gasteiger partial charge in [-0.25, -0.2) is 0 Å².